The molecule has 0 N–H and O–H groups in total. The quantitative estimate of drug-likeness (QED) is 0.745. The molecule has 1 aliphatic rings. The van der Waals surface area contributed by atoms with Crippen molar-refractivity contribution in [1.82, 2.24) is 0 Å². The molecule has 0 aliphatic carbocycles. The summed E-state index contributed by atoms with van der Waals surface area (Å²) < 4.78 is 38.0. The molecule has 126 valence electrons. The van der Waals surface area contributed by atoms with E-state index in [0.717, 1.165) is 55.6 Å². The van der Waals surface area contributed by atoms with Crippen LogP contribution >= 0.6 is 0 Å². The van der Waals surface area contributed by atoms with Crippen molar-refractivity contribution in [3.8, 4) is 0 Å². The smallest absolute Gasteiger partial charge is 0.371 e. The Bertz CT molecular complexity index is 692. The number of piperidine rings is 1. The first-order chi connectivity index (χ1) is 11.5. The van der Waals surface area contributed by atoms with E-state index in [0.29, 0.717) is 5.56 Å². The highest BCUT2D eigenvalue weighted by molar-refractivity contribution is 5.75. The standard InChI is InChI=1S/C19H18F3NO/c20-19(21,22)17-7-5-15(6-8-17)16-2-1-11-23(12-16)18-9-3-14(13-24)4-10-18/h3-10,13,16H,1-2,11-12H2. The molecule has 24 heavy (non-hydrogen) atoms. The molecule has 5 heteroatoms. The number of alkyl halides is 3. The van der Waals surface area contributed by atoms with Gasteiger partial charge < -0.3 is 4.90 Å². The summed E-state index contributed by atoms with van der Waals surface area (Å²) in [7, 11) is 0. The molecule has 1 heterocycles. The van der Waals surface area contributed by atoms with Gasteiger partial charge in [0.1, 0.15) is 6.29 Å². The van der Waals surface area contributed by atoms with Crippen LogP contribution in [0.3, 0.4) is 0 Å². The Labute approximate surface area is 138 Å². The first-order valence-electron chi connectivity index (χ1n) is 7.95. The second-order valence-electron chi connectivity index (χ2n) is 6.11. The van der Waals surface area contributed by atoms with Crippen LogP contribution in [0.1, 0.15) is 40.2 Å². The van der Waals surface area contributed by atoms with Crippen molar-refractivity contribution in [2.75, 3.05) is 18.0 Å². The average Bonchev–Trinajstić information content (AvgIpc) is 2.61. The zero-order valence-corrected chi connectivity index (χ0v) is 13.1. The van der Waals surface area contributed by atoms with Crippen LogP contribution in [0, 0.1) is 0 Å². The van der Waals surface area contributed by atoms with E-state index < -0.39 is 11.7 Å². The number of hydrogen-bond donors (Lipinski definition) is 0. The second kappa shape index (κ2) is 6.67. The highest BCUT2D eigenvalue weighted by Crippen LogP contribution is 2.33. The Morgan fingerprint density at radius 2 is 1.67 bits per heavy atom. The lowest BCUT2D eigenvalue weighted by molar-refractivity contribution is -0.137. The van der Waals surface area contributed by atoms with E-state index >= 15 is 0 Å². The van der Waals surface area contributed by atoms with Gasteiger partial charge in [0.2, 0.25) is 0 Å². The minimum atomic E-state index is -4.29. The van der Waals surface area contributed by atoms with E-state index in [2.05, 4.69) is 4.90 Å². The van der Waals surface area contributed by atoms with Gasteiger partial charge in [-0.1, -0.05) is 12.1 Å². The highest BCUT2D eigenvalue weighted by atomic mass is 19.4. The molecule has 2 aromatic rings. The van der Waals surface area contributed by atoms with Crippen molar-refractivity contribution < 1.29 is 18.0 Å². The lowest BCUT2D eigenvalue weighted by atomic mass is 9.90. The number of nitrogens with zero attached hydrogens (tertiary/aromatic N) is 1. The van der Waals surface area contributed by atoms with Crippen LogP contribution in [0.2, 0.25) is 0 Å². The molecule has 1 aliphatic heterocycles. The SMILES string of the molecule is O=Cc1ccc(N2CCCC(c3ccc(C(F)(F)F)cc3)C2)cc1. The van der Waals surface area contributed by atoms with Crippen molar-refractivity contribution in [3.63, 3.8) is 0 Å². The largest absolute Gasteiger partial charge is 0.416 e. The Morgan fingerprint density at radius 1 is 1.00 bits per heavy atom. The molecule has 1 unspecified atom stereocenters. The number of carbonyl (C=O) groups excluding carboxylic acids is 1. The van der Waals surface area contributed by atoms with Gasteiger partial charge in [-0.3, -0.25) is 4.79 Å². The Hall–Kier alpha value is -2.30. The first kappa shape index (κ1) is 16.6. The van der Waals surface area contributed by atoms with Crippen LogP contribution in [0.15, 0.2) is 48.5 Å². The van der Waals surface area contributed by atoms with Gasteiger partial charge in [-0.15, -0.1) is 0 Å². The lowest BCUT2D eigenvalue weighted by Gasteiger charge is -2.35. The summed E-state index contributed by atoms with van der Waals surface area (Å²) >= 11 is 0. The zero-order chi connectivity index (χ0) is 17.2. The minimum absolute atomic E-state index is 0.215. The summed E-state index contributed by atoms with van der Waals surface area (Å²) in [5.74, 6) is 0.215. The third kappa shape index (κ3) is 3.61. The maximum atomic E-state index is 12.7. The first-order valence-corrected chi connectivity index (χ1v) is 7.95. The van der Waals surface area contributed by atoms with E-state index in [4.69, 9.17) is 0 Å². The van der Waals surface area contributed by atoms with Gasteiger partial charge in [0.15, 0.2) is 0 Å². The van der Waals surface area contributed by atoms with E-state index in [1.807, 2.05) is 12.1 Å². The maximum absolute atomic E-state index is 12.7. The predicted octanol–water partition coefficient (Wildman–Crippen LogP) is 4.90. The Balaban J connectivity index is 1.74. The molecule has 1 fully saturated rings. The van der Waals surface area contributed by atoms with Gasteiger partial charge in [0.05, 0.1) is 5.56 Å². The maximum Gasteiger partial charge on any atom is 0.416 e. The van der Waals surface area contributed by atoms with Gasteiger partial charge in [-0.05, 0) is 54.8 Å². The monoisotopic (exact) mass is 333 g/mol. The molecule has 0 amide bonds. The number of carbonyl (C=O) groups is 1. The zero-order valence-electron chi connectivity index (χ0n) is 13.1. The van der Waals surface area contributed by atoms with Gasteiger partial charge in [-0.25, -0.2) is 0 Å². The number of hydrogen-bond acceptors (Lipinski definition) is 2. The van der Waals surface area contributed by atoms with Crippen molar-refractivity contribution in [2.24, 2.45) is 0 Å². The van der Waals surface area contributed by atoms with Crippen LogP contribution in [-0.2, 0) is 6.18 Å². The number of aldehydes is 1. The summed E-state index contributed by atoms with van der Waals surface area (Å²) in [6, 6.07) is 12.9. The molecule has 0 spiro atoms. The number of benzene rings is 2. The molecule has 1 atom stereocenters. The fourth-order valence-corrected chi connectivity index (χ4v) is 3.19. The molecule has 0 radical (unpaired) electrons. The third-order valence-electron chi connectivity index (χ3n) is 4.53. The van der Waals surface area contributed by atoms with E-state index in [-0.39, 0.29) is 5.92 Å². The van der Waals surface area contributed by atoms with Crippen LogP contribution in [0.4, 0.5) is 18.9 Å². The fraction of sp³-hybridized carbons (Fsp3) is 0.316. The summed E-state index contributed by atoms with van der Waals surface area (Å²) in [5, 5.41) is 0. The van der Waals surface area contributed by atoms with Gasteiger partial charge >= 0.3 is 6.18 Å². The summed E-state index contributed by atoms with van der Waals surface area (Å²) in [6.45, 7) is 1.68. The molecule has 0 aromatic heterocycles. The molecule has 0 bridgehead atoms. The van der Waals surface area contributed by atoms with Crippen LogP contribution in [0.5, 0.6) is 0 Å². The molecule has 3 rings (SSSR count). The fourth-order valence-electron chi connectivity index (χ4n) is 3.19. The lowest BCUT2D eigenvalue weighted by Crippen LogP contribution is -2.34. The number of halogens is 3. The normalized spacial score (nSPS) is 18.5. The highest BCUT2D eigenvalue weighted by Gasteiger charge is 2.30. The Kier molecular flexibility index (Phi) is 4.60. The molecular formula is C19H18F3NO. The van der Waals surface area contributed by atoms with E-state index in [1.54, 1.807) is 24.3 Å². The molecule has 1 saturated heterocycles. The molecule has 0 saturated carbocycles. The van der Waals surface area contributed by atoms with Gasteiger partial charge in [0, 0.05) is 30.3 Å². The Morgan fingerprint density at radius 3 is 2.25 bits per heavy atom. The molecule has 2 aromatic carbocycles. The van der Waals surface area contributed by atoms with Gasteiger partial charge in [0.25, 0.3) is 0 Å². The third-order valence-corrected chi connectivity index (χ3v) is 4.53. The summed E-state index contributed by atoms with van der Waals surface area (Å²) in [4.78, 5) is 13.0. The van der Waals surface area contributed by atoms with Crippen molar-refractivity contribution in [1.29, 1.82) is 0 Å². The molecule has 2 nitrogen and oxygen atoms in total. The summed E-state index contributed by atoms with van der Waals surface area (Å²) in [5.41, 5.74) is 2.01. The van der Waals surface area contributed by atoms with E-state index in [1.165, 1.54) is 0 Å². The average molecular weight is 333 g/mol. The summed E-state index contributed by atoms with van der Waals surface area (Å²) in [6.07, 6.45) is -1.53. The van der Waals surface area contributed by atoms with Crippen molar-refractivity contribution in [2.45, 2.75) is 24.9 Å². The number of anilines is 1. The van der Waals surface area contributed by atoms with Crippen molar-refractivity contribution in [3.05, 3.63) is 65.2 Å². The van der Waals surface area contributed by atoms with Gasteiger partial charge in [-0.2, -0.15) is 13.2 Å². The second-order valence-corrected chi connectivity index (χ2v) is 6.11. The molecular weight excluding hydrogens is 315 g/mol. The van der Waals surface area contributed by atoms with Crippen LogP contribution < -0.4 is 4.90 Å². The topological polar surface area (TPSA) is 20.3 Å². The van der Waals surface area contributed by atoms with Crippen LogP contribution in [-0.4, -0.2) is 19.4 Å². The van der Waals surface area contributed by atoms with E-state index in [9.17, 15) is 18.0 Å². The van der Waals surface area contributed by atoms with Crippen LogP contribution in [0.25, 0.3) is 0 Å². The predicted molar refractivity (Wildman–Crippen MR) is 87.5 cm³/mol. The minimum Gasteiger partial charge on any atom is -0.371 e. The van der Waals surface area contributed by atoms with Crippen molar-refractivity contribution >= 4 is 12.0 Å². The number of rotatable bonds is 3.